The van der Waals surface area contributed by atoms with Crippen molar-refractivity contribution in [3.05, 3.63) is 47.9 Å². The van der Waals surface area contributed by atoms with Crippen LogP contribution in [-0.2, 0) is 19.6 Å². The second kappa shape index (κ2) is 9.23. The number of aryl methyl sites for hydroxylation is 1. The summed E-state index contributed by atoms with van der Waals surface area (Å²) >= 11 is 0. The Balaban J connectivity index is 1.68. The lowest BCUT2D eigenvalue weighted by Gasteiger charge is -2.21. The number of nitrogens with zero attached hydrogens (tertiary/aromatic N) is 1. The standard InChI is InChI=1S/C20H24N2O6S/c1-15-6-7-17(21-19(23)14-28-20(24)16-8-11-27-13-16)12-18(15)29(25,26)22-9-4-2-3-5-10-22/h6-8,11-13H,2-5,9-10,14H2,1H3,(H,21,23). The molecule has 0 bridgehead atoms. The topological polar surface area (TPSA) is 106 Å². The highest BCUT2D eigenvalue weighted by molar-refractivity contribution is 7.89. The van der Waals surface area contributed by atoms with Crippen molar-refractivity contribution in [3.8, 4) is 0 Å². The van der Waals surface area contributed by atoms with Crippen molar-refractivity contribution in [2.75, 3.05) is 25.0 Å². The zero-order valence-electron chi connectivity index (χ0n) is 16.2. The molecule has 1 fully saturated rings. The van der Waals surface area contributed by atoms with Gasteiger partial charge in [0.05, 0.1) is 16.7 Å². The molecule has 1 saturated heterocycles. The fourth-order valence-electron chi connectivity index (χ4n) is 3.17. The maximum atomic E-state index is 13.1. The van der Waals surface area contributed by atoms with Crippen LogP contribution in [0.5, 0.6) is 0 Å². The molecule has 3 rings (SSSR count). The number of furan rings is 1. The van der Waals surface area contributed by atoms with E-state index in [1.165, 1.54) is 29.0 Å². The highest BCUT2D eigenvalue weighted by Crippen LogP contribution is 2.25. The number of nitrogens with one attached hydrogen (secondary N) is 1. The number of esters is 1. The molecule has 0 atom stereocenters. The molecule has 9 heteroatoms. The van der Waals surface area contributed by atoms with Crippen molar-refractivity contribution >= 4 is 27.6 Å². The van der Waals surface area contributed by atoms with Crippen molar-refractivity contribution in [1.82, 2.24) is 4.31 Å². The summed E-state index contributed by atoms with van der Waals surface area (Å²) in [5.41, 5.74) is 1.14. The van der Waals surface area contributed by atoms with E-state index in [9.17, 15) is 18.0 Å². The van der Waals surface area contributed by atoms with Crippen LogP contribution in [0.15, 0.2) is 46.1 Å². The largest absolute Gasteiger partial charge is 0.472 e. The van der Waals surface area contributed by atoms with E-state index < -0.39 is 28.5 Å². The average molecular weight is 420 g/mol. The first-order valence-corrected chi connectivity index (χ1v) is 10.9. The Bertz CT molecular complexity index is 961. The number of carbonyl (C=O) groups excluding carboxylic acids is 2. The highest BCUT2D eigenvalue weighted by atomic mass is 32.2. The Kier molecular flexibility index (Phi) is 6.71. The molecule has 0 aliphatic carbocycles. The third-order valence-electron chi connectivity index (χ3n) is 4.75. The fraction of sp³-hybridized carbons (Fsp3) is 0.400. The minimum Gasteiger partial charge on any atom is -0.472 e. The normalized spacial score (nSPS) is 15.5. The maximum Gasteiger partial charge on any atom is 0.341 e. The average Bonchev–Trinajstić information content (AvgIpc) is 3.09. The Morgan fingerprint density at radius 2 is 1.86 bits per heavy atom. The van der Waals surface area contributed by atoms with Gasteiger partial charge in [0.25, 0.3) is 5.91 Å². The SMILES string of the molecule is Cc1ccc(NC(=O)COC(=O)c2ccoc2)cc1S(=O)(=O)N1CCCCCC1. The Morgan fingerprint density at radius 3 is 2.52 bits per heavy atom. The summed E-state index contributed by atoms with van der Waals surface area (Å²) in [4.78, 5) is 24.0. The molecule has 8 nitrogen and oxygen atoms in total. The van der Waals surface area contributed by atoms with Gasteiger partial charge in [-0.05, 0) is 43.5 Å². The maximum absolute atomic E-state index is 13.1. The molecule has 0 spiro atoms. The number of carbonyl (C=O) groups is 2. The van der Waals surface area contributed by atoms with Gasteiger partial charge in [0.1, 0.15) is 6.26 Å². The predicted molar refractivity (Wildman–Crippen MR) is 106 cm³/mol. The van der Waals surface area contributed by atoms with Crippen LogP contribution in [0.4, 0.5) is 5.69 Å². The first-order chi connectivity index (χ1) is 13.9. The van der Waals surface area contributed by atoms with Crippen molar-refractivity contribution in [2.45, 2.75) is 37.5 Å². The minimum atomic E-state index is -3.64. The zero-order chi connectivity index (χ0) is 20.9. The van der Waals surface area contributed by atoms with E-state index in [-0.39, 0.29) is 10.5 Å². The van der Waals surface area contributed by atoms with Crippen LogP contribution in [0.3, 0.4) is 0 Å². The van der Waals surface area contributed by atoms with Crippen molar-refractivity contribution in [2.24, 2.45) is 0 Å². The molecule has 0 radical (unpaired) electrons. The summed E-state index contributed by atoms with van der Waals surface area (Å²) in [5.74, 6) is -1.24. The van der Waals surface area contributed by atoms with Gasteiger partial charge in [-0.25, -0.2) is 13.2 Å². The monoisotopic (exact) mass is 420 g/mol. The predicted octanol–water partition coefficient (Wildman–Crippen LogP) is 2.95. The molecule has 29 heavy (non-hydrogen) atoms. The quantitative estimate of drug-likeness (QED) is 0.720. The molecular formula is C20H24N2O6S. The van der Waals surface area contributed by atoms with Gasteiger partial charge in [-0.15, -0.1) is 0 Å². The number of anilines is 1. The Hall–Kier alpha value is -2.65. The number of ether oxygens (including phenoxy) is 1. The van der Waals surface area contributed by atoms with Gasteiger partial charge in [0.15, 0.2) is 6.61 Å². The molecular weight excluding hydrogens is 396 g/mol. The first kappa shape index (κ1) is 21.1. The van der Waals surface area contributed by atoms with Crippen LogP contribution < -0.4 is 5.32 Å². The summed E-state index contributed by atoms with van der Waals surface area (Å²) in [5, 5.41) is 2.58. The smallest absolute Gasteiger partial charge is 0.341 e. The number of sulfonamides is 1. The van der Waals surface area contributed by atoms with Crippen LogP contribution in [-0.4, -0.2) is 44.3 Å². The Morgan fingerprint density at radius 1 is 1.14 bits per heavy atom. The van der Waals surface area contributed by atoms with E-state index in [0.717, 1.165) is 25.7 Å². The summed E-state index contributed by atoms with van der Waals surface area (Å²) < 4.78 is 37.4. The van der Waals surface area contributed by atoms with Gasteiger partial charge in [0, 0.05) is 18.8 Å². The van der Waals surface area contributed by atoms with E-state index in [1.54, 1.807) is 19.1 Å². The first-order valence-electron chi connectivity index (χ1n) is 9.48. The summed E-state index contributed by atoms with van der Waals surface area (Å²) in [6.07, 6.45) is 6.29. The van der Waals surface area contributed by atoms with Crippen molar-refractivity contribution in [3.63, 3.8) is 0 Å². The van der Waals surface area contributed by atoms with Gasteiger partial charge in [-0.3, -0.25) is 4.79 Å². The lowest BCUT2D eigenvalue weighted by molar-refractivity contribution is -0.119. The third-order valence-corrected chi connectivity index (χ3v) is 6.79. The van der Waals surface area contributed by atoms with Crippen LogP contribution in [0.25, 0.3) is 0 Å². The zero-order valence-corrected chi connectivity index (χ0v) is 17.0. The molecule has 1 aromatic heterocycles. The van der Waals surface area contributed by atoms with Crippen LogP contribution in [0.1, 0.15) is 41.6 Å². The van der Waals surface area contributed by atoms with E-state index in [2.05, 4.69) is 5.32 Å². The second-order valence-corrected chi connectivity index (χ2v) is 8.84. The summed E-state index contributed by atoms with van der Waals surface area (Å²) in [7, 11) is -3.64. The molecule has 156 valence electrons. The summed E-state index contributed by atoms with van der Waals surface area (Å²) in [6, 6.07) is 6.15. The molecule has 1 aromatic carbocycles. The highest BCUT2D eigenvalue weighted by Gasteiger charge is 2.27. The molecule has 0 unspecified atom stereocenters. The van der Waals surface area contributed by atoms with Gasteiger partial charge in [-0.2, -0.15) is 4.31 Å². The fourth-order valence-corrected chi connectivity index (χ4v) is 4.94. The number of benzene rings is 1. The van der Waals surface area contributed by atoms with Crippen molar-refractivity contribution < 1.29 is 27.2 Å². The number of hydrogen-bond acceptors (Lipinski definition) is 6. The summed E-state index contributed by atoms with van der Waals surface area (Å²) in [6.45, 7) is 2.24. The number of rotatable bonds is 6. The number of hydrogen-bond donors (Lipinski definition) is 1. The molecule has 1 aliphatic rings. The molecule has 1 aliphatic heterocycles. The van der Waals surface area contributed by atoms with Gasteiger partial charge in [-0.1, -0.05) is 18.9 Å². The lowest BCUT2D eigenvalue weighted by atomic mass is 10.2. The Labute approximate surface area is 169 Å². The molecule has 2 aromatic rings. The van der Waals surface area contributed by atoms with E-state index >= 15 is 0 Å². The lowest BCUT2D eigenvalue weighted by Crippen LogP contribution is -2.32. The van der Waals surface area contributed by atoms with E-state index in [1.807, 2.05) is 0 Å². The molecule has 1 amide bonds. The van der Waals surface area contributed by atoms with Crippen LogP contribution in [0, 0.1) is 6.92 Å². The van der Waals surface area contributed by atoms with Gasteiger partial charge in [0.2, 0.25) is 10.0 Å². The van der Waals surface area contributed by atoms with Crippen LogP contribution in [0.2, 0.25) is 0 Å². The molecule has 1 N–H and O–H groups in total. The molecule has 0 saturated carbocycles. The van der Waals surface area contributed by atoms with Crippen LogP contribution >= 0.6 is 0 Å². The van der Waals surface area contributed by atoms with Gasteiger partial charge >= 0.3 is 5.97 Å². The second-order valence-electron chi connectivity index (χ2n) is 6.93. The number of amides is 1. The van der Waals surface area contributed by atoms with Crippen molar-refractivity contribution in [1.29, 1.82) is 0 Å². The van der Waals surface area contributed by atoms with E-state index in [4.69, 9.17) is 9.15 Å². The van der Waals surface area contributed by atoms with E-state index in [0.29, 0.717) is 24.3 Å². The minimum absolute atomic E-state index is 0.174. The van der Waals surface area contributed by atoms with Gasteiger partial charge < -0.3 is 14.5 Å². The third kappa shape index (κ3) is 5.24. The molecule has 2 heterocycles.